The topological polar surface area (TPSA) is 69.7 Å². The summed E-state index contributed by atoms with van der Waals surface area (Å²) in [5, 5.41) is 0. The summed E-state index contributed by atoms with van der Waals surface area (Å²) in [5.74, 6) is 0.873. The molecule has 0 unspecified atom stereocenters. The zero-order chi connectivity index (χ0) is 29.0. The van der Waals surface area contributed by atoms with Gasteiger partial charge in [0.05, 0.1) is 15.5 Å². The molecule has 41 heavy (non-hydrogen) atoms. The summed E-state index contributed by atoms with van der Waals surface area (Å²) in [5.41, 5.74) is 0.770. The largest absolute Gasteiger partial charge is 0.459 e. The van der Waals surface area contributed by atoms with Gasteiger partial charge in [0.15, 0.2) is 5.78 Å². The van der Waals surface area contributed by atoms with E-state index in [9.17, 15) is 14.4 Å². The van der Waals surface area contributed by atoms with E-state index in [1.165, 1.54) is 0 Å². The van der Waals surface area contributed by atoms with Crippen molar-refractivity contribution in [3.63, 3.8) is 0 Å². The van der Waals surface area contributed by atoms with E-state index in [0.717, 1.165) is 44.9 Å². The molecule has 9 atom stereocenters. The fourth-order valence-electron chi connectivity index (χ4n) is 9.54. The Morgan fingerprint density at radius 3 is 2.12 bits per heavy atom. The van der Waals surface area contributed by atoms with Crippen LogP contribution in [-0.4, -0.2) is 34.3 Å². The lowest BCUT2D eigenvalue weighted by atomic mass is 9.44. The Kier molecular flexibility index (Phi) is 7.45. The molecule has 0 radical (unpaired) electrons. The average Bonchev–Trinajstić information content (AvgIpc) is 3.31. The number of halogens is 1. The van der Waals surface area contributed by atoms with Crippen molar-refractivity contribution in [1.29, 1.82) is 0 Å². The molecule has 6 heteroatoms. The van der Waals surface area contributed by atoms with Gasteiger partial charge in [-0.2, -0.15) is 0 Å². The van der Waals surface area contributed by atoms with Gasteiger partial charge in [-0.3, -0.25) is 4.79 Å². The Morgan fingerprint density at radius 2 is 1.46 bits per heavy atom. The van der Waals surface area contributed by atoms with Crippen molar-refractivity contribution in [3.05, 3.63) is 71.8 Å². The molecule has 0 aliphatic heterocycles. The zero-order valence-electron chi connectivity index (χ0n) is 24.3. The van der Waals surface area contributed by atoms with Gasteiger partial charge in [0.25, 0.3) is 0 Å². The fourth-order valence-corrected chi connectivity index (χ4v) is 10.7. The number of ether oxygens (including phenoxy) is 2. The quantitative estimate of drug-likeness (QED) is 0.252. The van der Waals surface area contributed by atoms with Gasteiger partial charge in [-0.05, 0) is 105 Å². The van der Waals surface area contributed by atoms with E-state index in [0.29, 0.717) is 35.2 Å². The van der Waals surface area contributed by atoms with Crippen LogP contribution in [0.2, 0.25) is 0 Å². The number of esters is 2. The van der Waals surface area contributed by atoms with Gasteiger partial charge in [-0.25, -0.2) is 9.59 Å². The summed E-state index contributed by atoms with van der Waals surface area (Å²) in [7, 11) is 0. The molecule has 0 amide bonds. The van der Waals surface area contributed by atoms with Crippen LogP contribution in [0.1, 0.15) is 92.9 Å². The smallest absolute Gasteiger partial charge is 0.338 e. The van der Waals surface area contributed by atoms with E-state index in [4.69, 9.17) is 9.47 Å². The van der Waals surface area contributed by atoms with Gasteiger partial charge in [0.1, 0.15) is 12.2 Å². The molecule has 2 aromatic carbocycles. The van der Waals surface area contributed by atoms with Crippen molar-refractivity contribution >= 4 is 33.7 Å². The van der Waals surface area contributed by atoms with E-state index in [-0.39, 0.29) is 46.8 Å². The fraction of sp³-hybridized carbons (Fsp3) is 0.571. The highest BCUT2D eigenvalue weighted by atomic mass is 79.9. The Hall–Kier alpha value is -2.47. The zero-order valence-corrected chi connectivity index (χ0v) is 25.9. The standard InChI is InChI=1S/C35H41BrO5/c1-22(40-31(38)23-10-6-4-7-11-23)27-16-17-28-29-15-14-25-20-26(41-32(39)24-12-8-5-9-13-24)18-19-34(25,3)35(29,36)30(37)21-33(27,28)2/h4-13,22,25-29H,14-21H2,1-3H3/t22-,25+,26-,27-,28+,29+,33-,34+,35+/m1/s1. The molecule has 5 nitrogen and oxygen atoms in total. The van der Waals surface area contributed by atoms with Crippen molar-refractivity contribution in [1.82, 2.24) is 0 Å². The molecule has 0 spiro atoms. The highest BCUT2D eigenvalue weighted by Gasteiger charge is 2.70. The van der Waals surface area contributed by atoms with E-state index in [1.807, 2.05) is 43.3 Å². The van der Waals surface area contributed by atoms with Crippen molar-refractivity contribution < 1.29 is 23.9 Å². The Morgan fingerprint density at radius 1 is 0.854 bits per heavy atom. The first-order valence-corrected chi connectivity index (χ1v) is 16.1. The minimum Gasteiger partial charge on any atom is -0.459 e. The summed E-state index contributed by atoms with van der Waals surface area (Å²) in [4.78, 5) is 40.0. The van der Waals surface area contributed by atoms with Crippen LogP contribution in [-0.2, 0) is 14.3 Å². The molecule has 0 N–H and O–H groups in total. The molecule has 0 aromatic heterocycles. The number of carbonyl (C=O) groups is 3. The summed E-state index contributed by atoms with van der Waals surface area (Å²) >= 11 is 4.19. The number of rotatable bonds is 5. The summed E-state index contributed by atoms with van der Waals surface area (Å²) in [6, 6.07) is 18.4. The molecule has 0 saturated heterocycles. The van der Waals surface area contributed by atoms with Gasteiger partial charge in [-0.1, -0.05) is 66.2 Å². The maximum absolute atomic E-state index is 14.4. The minimum atomic E-state index is -0.569. The van der Waals surface area contributed by atoms with Crippen molar-refractivity contribution in [3.8, 4) is 0 Å². The van der Waals surface area contributed by atoms with Crippen LogP contribution in [0.3, 0.4) is 0 Å². The monoisotopic (exact) mass is 620 g/mol. The maximum atomic E-state index is 14.4. The van der Waals surface area contributed by atoms with Gasteiger partial charge < -0.3 is 9.47 Å². The van der Waals surface area contributed by atoms with Crippen LogP contribution in [0.5, 0.6) is 0 Å². The number of Topliss-reactive ketones (excluding diaryl/α,β-unsaturated/α-hetero) is 1. The van der Waals surface area contributed by atoms with Crippen LogP contribution >= 0.6 is 15.9 Å². The third kappa shape index (κ3) is 4.60. The second-order valence-corrected chi connectivity index (χ2v) is 14.8. The number of benzene rings is 2. The maximum Gasteiger partial charge on any atom is 0.338 e. The minimum absolute atomic E-state index is 0.117. The van der Waals surface area contributed by atoms with Gasteiger partial charge in [0, 0.05) is 12.3 Å². The van der Waals surface area contributed by atoms with Gasteiger partial charge in [0.2, 0.25) is 0 Å². The lowest BCUT2D eigenvalue weighted by molar-refractivity contribution is -0.154. The molecule has 4 saturated carbocycles. The summed E-state index contributed by atoms with van der Waals surface area (Å²) < 4.78 is 11.4. The SMILES string of the molecule is C[C@@H](OC(=O)c1ccccc1)[C@H]1CC[C@H]2[C@@H]3CC[C@H]4C[C@H](OC(=O)c5ccccc5)CC[C@]4(C)[C@@]3(Br)C(=O)C[C@]12C. The molecule has 4 fully saturated rings. The Balaban J connectivity index is 1.18. The number of fused-ring (bicyclic) bond motifs is 5. The van der Waals surface area contributed by atoms with E-state index < -0.39 is 4.32 Å². The van der Waals surface area contributed by atoms with Crippen molar-refractivity contribution in [2.24, 2.45) is 34.5 Å². The molecular weight excluding hydrogens is 580 g/mol. The lowest BCUT2D eigenvalue weighted by Crippen LogP contribution is -2.67. The van der Waals surface area contributed by atoms with Crippen LogP contribution in [0.25, 0.3) is 0 Å². The van der Waals surface area contributed by atoms with Crippen LogP contribution < -0.4 is 0 Å². The average molecular weight is 622 g/mol. The number of carbonyl (C=O) groups excluding carboxylic acids is 3. The predicted molar refractivity (Wildman–Crippen MR) is 161 cm³/mol. The normalized spacial score (nSPS) is 38.6. The first-order chi connectivity index (χ1) is 19.6. The van der Waals surface area contributed by atoms with E-state index in [1.54, 1.807) is 24.3 Å². The Labute approximate surface area is 251 Å². The number of alkyl halides is 1. The number of ketones is 1. The molecule has 2 aromatic rings. The van der Waals surface area contributed by atoms with Gasteiger partial charge in [-0.15, -0.1) is 0 Å². The second-order valence-electron chi connectivity index (χ2n) is 13.6. The summed E-state index contributed by atoms with van der Waals surface area (Å²) in [6.07, 6.45) is 6.62. The first-order valence-electron chi connectivity index (χ1n) is 15.3. The van der Waals surface area contributed by atoms with Crippen molar-refractivity contribution in [2.45, 2.75) is 88.7 Å². The molecule has 0 bridgehead atoms. The molecule has 4 aliphatic rings. The highest BCUT2D eigenvalue weighted by molar-refractivity contribution is 9.10. The number of hydrogen-bond acceptors (Lipinski definition) is 5. The third-order valence-electron chi connectivity index (χ3n) is 11.7. The molecule has 218 valence electrons. The van der Waals surface area contributed by atoms with Crippen molar-refractivity contribution in [2.75, 3.05) is 0 Å². The molecule has 4 aliphatic carbocycles. The molecular formula is C35H41BrO5. The first kappa shape index (κ1) is 28.6. The second kappa shape index (κ2) is 10.7. The van der Waals surface area contributed by atoms with Crippen LogP contribution in [0.4, 0.5) is 0 Å². The highest BCUT2D eigenvalue weighted by Crippen LogP contribution is 2.71. The molecule has 0 heterocycles. The summed E-state index contributed by atoms with van der Waals surface area (Å²) in [6.45, 7) is 6.60. The number of hydrogen-bond donors (Lipinski definition) is 0. The lowest BCUT2D eigenvalue weighted by Gasteiger charge is -2.64. The van der Waals surface area contributed by atoms with Crippen LogP contribution in [0.15, 0.2) is 60.7 Å². The molecule has 6 rings (SSSR count). The Bertz CT molecular complexity index is 1310. The van der Waals surface area contributed by atoms with E-state index >= 15 is 0 Å². The van der Waals surface area contributed by atoms with E-state index in [2.05, 4.69) is 29.8 Å². The predicted octanol–water partition coefficient (Wildman–Crippen LogP) is 7.81. The van der Waals surface area contributed by atoms with Crippen LogP contribution in [0, 0.1) is 34.5 Å². The van der Waals surface area contributed by atoms with Gasteiger partial charge >= 0.3 is 11.9 Å². The third-order valence-corrected chi connectivity index (χ3v) is 13.6.